The highest BCUT2D eigenvalue weighted by Crippen LogP contribution is 2.34. The molecule has 0 radical (unpaired) electrons. The molecule has 0 aliphatic heterocycles. The Kier molecular flexibility index (Phi) is 8.86. The van der Waals surface area contributed by atoms with Gasteiger partial charge in [-0.3, -0.25) is 4.79 Å². The van der Waals surface area contributed by atoms with Gasteiger partial charge in [0.25, 0.3) is 0 Å². The zero-order chi connectivity index (χ0) is 28.6. The number of nitrogens with one attached hydrogen (secondary N) is 1. The highest BCUT2D eigenvalue weighted by molar-refractivity contribution is 5.93. The van der Waals surface area contributed by atoms with Crippen LogP contribution in [0.5, 0.6) is 11.5 Å². The van der Waals surface area contributed by atoms with Gasteiger partial charge in [-0.25, -0.2) is 0 Å². The Balaban J connectivity index is 1.43. The van der Waals surface area contributed by atoms with Crippen molar-refractivity contribution in [1.82, 2.24) is 0 Å². The first-order chi connectivity index (χ1) is 20.1. The molecule has 0 amide bonds. The van der Waals surface area contributed by atoms with Crippen LogP contribution in [0.15, 0.2) is 95.4 Å². The minimum absolute atomic E-state index is 0.159. The Hall–Kier alpha value is -4.75. The molecule has 5 aromatic rings. The zero-order valence-electron chi connectivity index (χ0n) is 23.3. The van der Waals surface area contributed by atoms with Crippen LogP contribution in [0.1, 0.15) is 29.4 Å². The van der Waals surface area contributed by atoms with Crippen LogP contribution in [-0.4, -0.2) is 19.7 Å². The van der Waals surface area contributed by atoms with Crippen molar-refractivity contribution in [2.45, 2.75) is 33.0 Å². The van der Waals surface area contributed by atoms with Crippen molar-refractivity contribution < 1.29 is 23.4 Å². The quantitative estimate of drug-likeness (QED) is 0.164. The number of fused-ring (bicyclic) bond motifs is 1. The van der Waals surface area contributed by atoms with E-state index >= 15 is 0 Å². The number of rotatable bonds is 12. The number of benzene rings is 4. The number of methoxy groups -OCH3 is 1. The molecule has 0 saturated carbocycles. The van der Waals surface area contributed by atoms with E-state index in [-0.39, 0.29) is 12.4 Å². The summed E-state index contributed by atoms with van der Waals surface area (Å²) in [4.78, 5) is 12.1. The molecule has 0 aliphatic rings. The van der Waals surface area contributed by atoms with Gasteiger partial charge in [0.1, 0.15) is 29.4 Å². The largest absolute Gasteiger partial charge is 0.497 e. The Morgan fingerprint density at radius 3 is 2.54 bits per heavy atom. The maximum absolute atomic E-state index is 12.1. The van der Waals surface area contributed by atoms with Crippen molar-refractivity contribution in [3.05, 3.63) is 113 Å². The van der Waals surface area contributed by atoms with Crippen LogP contribution in [-0.2, 0) is 35.6 Å². The summed E-state index contributed by atoms with van der Waals surface area (Å²) in [5, 5.41) is 4.39. The number of hydrogen-bond acceptors (Lipinski definition) is 7. The lowest BCUT2D eigenvalue weighted by atomic mass is 9.99. The van der Waals surface area contributed by atoms with E-state index in [1.165, 1.54) is 0 Å². The van der Waals surface area contributed by atoms with E-state index < -0.39 is 0 Å². The molecule has 0 spiro atoms. The Labute approximate surface area is 239 Å². The lowest BCUT2D eigenvalue weighted by Gasteiger charge is -2.13. The molecule has 7 nitrogen and oxygen atoms in total. The lowest BCUT2D eigenvalue weighted by molar-refractivity contribution is -0.142. The summed E-state index contributed by atoms with van der Waals surface area (Å²) in [5.74, 6) is 2.00. The molecule has 5 rings (SSSR count). The number of furan rings is 1. The number of ether oxygens (including phenoxy) is 3. The number of hydrogen-bond donors (Lipinski definition) is 2. The van der Waals surface area contributed by atoms with Crippen LogP contribution in [0.4, 0.5) is 5.69 Å². The molecule has 0 aliphatic carbocycles. The fraction of sp³-hybridized carbons (Fsp3) is 0.206. The summed E-state index contributed by atoms with van der Waals surface area (Å²) in [7, 11) is 1.65. The van der Waals surface area contributed by atoms with E-state index in [0.717, 1.165) is 56.0 Å². The minimum atomic E-state index is -0.277. The highest BCUT2D eigenvalue weighted by atomic mass is 16.5. The topological polar surface area (TPSA) is 96.0 Å². The van der Waals surface area contributed by atoms with E-state index in [0.29, 0.717) is 32.1 Å². The molecular formula is C34H34N2O5. The predicted octanol–water partition coefficient (Wildman–Crippen LogP) is 6.86. The first-order valence-electron chi connectivity index (χ1n) is 13.6. The number of anilines is 1. The maximum Gasteiger partial charge on any atom is 0.310 e. The van der Waals surface area contributed by atoms with E-state index in [9.17, 15) is 4.79 Å². The number of carbonyl (C=O) groups is 1. The smallest absolute Gasteiger partial charge is 0.310 e. The van der Waals surface area contributed by atoms with Gasteiger partial charge in [0.2, 0.25) is 0 Å². The number of nitrogens with two attached hydrogens (primary N) is 1. The van der Waals surface area contributed by atoms with Gasteiger partial charge in [-0.15, -0.1) is 0 Å². The third-order valence-electron chi connectivity index (χ3n) is 6.76. The fourth-order valence-electron chi connectivity index (χ4n) is 4.74. The zero-order valence-corrected chi connectivity index (χ0v) is 23.3. The average molecular weight is 551 g/mol. The van der Waals surface area contributed by atoms with Crippen LogP contribution in [0.3, 0.4) is 0 Å². The number of esters is 1. The summed E-state index contributed by atoms with van der Waals surface area (Å²) in [6.45, 7) is 3.44. The summed E-state index contributed by atoms with van der Waals surface area (Å²) >= 11 is 0. The second-order valence-electron chi connectivity index (χ2n) is 9.64. The minimum Gasteiger partial charge on any atom is -0.497 e. The monoisotopic (exact) mass is 550 g/mol. The summed E-state index contributed by atoms with van der Waals surface area (Å²) in [6.07, 6.45) is 0.159. The first-order valence-corrected chi connectivity index (χ1v) is 13.6. The summed E-state index contributed by atoms with van der Waals surface area (Å²) in [6, 6.07) is 29.7. The van der Waals surface area contributed by atoms with Crippen molar-refractivity contribution in [3.63, 3.8) is 0 Å². The molecule has 7 heteroatoms. The number of para-hydroxylation sites is 1. The molecular weight excluding hydrogens is 516 g/mol. The van der Waals surface area contributed by atoms with Gasteiger partial charge < -0.3 is 29.7 Å². The molecule has 41 heavy (non-hydrogen) atoms. The van der Waals surface area contributed by atoms with E-state index in [2.05, 4.69) is 35.6 Å². The molecule has 210 valence electrons. The van der Waals surface area contributed by atoms with E-state index in [1.54, 1.807) is 14.0 Å². The molecule has 0 atom stereocenters. The van der Waals surface area contributed by atoms with Crippen LogP contribution in [0, 0.1) is 0 Å². The Morgan fingerprint density at radius 2 is 1.76 bits per heavy atom. The van der Waals surface area contributed by atoms with Gasteiger partial charge in [-0.2, -0.15) is 0 Å². The fourth-order valence-corrected chi connectivity index (χ4v) is 4.74. The SMILES string of the molecule is CCOC(=O)Cc1ccccc1OCc1cc(-c2cccc(CN)c2)c2oc(CNc3ccc(OC)cc3)cc2c1. The van der Waals surface area contributed by atoms with Gasteiger partial charge >= 0.3 is 5.97 Å². The van der Waals surface area contributed by atoms with Crippen LogP contribution < -0.4 is 20.5 Å². The molecule has 3 N–H and O–H groups in total. The third kappa shape index (κ3) is 6.88. The van der Waals surface area contributed by atoms with Crippen molar-refractivity contribution in [2.75, 3.05) is 19.0 Å². The van der Waals surface area contributed by atoms with Gasteiger partial charge in [0.05, 0.1) is 26.7 Å². The maximum atomic E-state index is 12.1. The third-order valence-corrected chi connectivity index (χ3v) is 6.76. The highest BCUT2D eigenvalue weighted by Gasteiger charge is 2.15. The van der Waals surface area contributed by atoms with Gasteiger partial charge in [0, 0.05) is 28.7 Å². The summed E-state index contributed by atoms with van der Waals surface area (Å²) < 4.78 is 23.0. The van der Waals surface area contributed by atoms with E-state index in [1.807, 2.05) is 60.7 Å². The van der Waals surface area contributed by atoms with Gasteiger partial charge in [-0.1, -0.05) is 36.4 Å². The second kappa shape index (κ2) is 13.1. The first kappa shape index (κ1) is 27.8. The predicted molar refractivity (Wildman–Crippen MR) is 161 cm³/mol. The van der Waals surface area contributed by atoms with E-state index in [4.69, 9.17) is 24.4 Å². The van der Waals surface area contributed by atoms with Crippen molar-refractivity contribution >= 4 is 22.6 Å². The molecule has 0 bridgehead atoms. The standard InChI is InChI=1S/C34H34N2O5/c1-3-39-33(37)19-26-8-4-5-10-32(26)40-22-24-16-27-18-30(21-36-28-11-13-29(38-2)14-12-28)41-34(27)31(17-24)25-9-6-7-23(15-25)20-35/h4-18,36H,3,19-22,35H2,1-2H3. The molecule has 0 saturated heterocycles. The molecule has 0 fully saturated rings. The second-order valence-corrected chi connectivity index (χ2v) is 9.64. The van der Waals surface area contributed by atoms with Gasteiger partial charge in [-0.05, 0) is 78.2 Å². The van der Waals surface area contributed by atoms with Gasteiger partial charge in [0.15, 0.2) is 0 Å². The molecule has 1 aromatic heterocycles. The lowest BCUT2D eigenvalue weighted by Crippen LogP contribution is -2.09. The van der Waals surface area contributed by atoms with Crippen LogP contribution >= 0.6 is 0 Å². The van der Waals surface area contributed by atoms with Crippen LogP contribution in [0.25, 0.3) is 22.1 Å². The molecule has 1 heterocycles. The normalized spacial score (nSPS) is 10.9. The van der Waals surface area contributed by atoms with Crippen LogP contribution in [0.2, 0.25) is 0 Å². The molecule has 0 unspecified atom stereocenters. The van der Waals surface area contributed by atoms with Crippen molar-refractivity contribution in [2.24, 2.45) is 5.73 Å². The molecule has 4 aromatic carbocycles. The van der Waals surface area contributed by atoms with Crippen molar-refractivity contribution in [1.29, 1.82) is 0 Å². The van der Waals surface area contributed by atoms with Crippen molar-refractivity contribution in [3.8, 4) is 22.6 Å². The Morgan fingerprint density at radius 1 is 0.927 bits per heavy atom. The number of carbonyl (C=O) groups excluding carboxylic acids is 1. The summed E-state index contributed by atoms with van der Waals surface area (Å²) in [5.41, 5.74) is 12.5. The Bertz CT molecular complexity index is 1620. The average Bonchev–Trinajstić information content (AvgIpc) is 3.42.